The van der Waals surface area contributed by atoms with Gasteiger partial charge in [-0.1, -0.05) is 24.3 Å². The standard InChI is InChI=1S/C18H12O3/c1-9-7-14-12-6-4-11(21-2)8-10(12)3-5-13(14)16-15(9)17(19)18(16)20/h3-8H,1-2H3. The lowest BCUT2D eigenvalue weighted by Gasteiger charge is -2.11. The first kappa shape index (κ1) is 12.1. The van der Waals surface area contributed by atoms with E-state index in [-0.39, 0.29) is 10.9 Å². The van der Waals surface area contributed by atoms with Gasteiger partial charge in [-0.25, -0.2) is 0 Å². The minimum absolute atomic E-state index is 0.362. The maximum absolute atomic E-state index is 11.9. The van der Waals surface area contributed by atoms with Crippen LogP contribution in [-0.4, -0.2) is 7.11 Å². The van der Waals surface area contributed by atoms with E-state index in [9.17, 15) is 9.59 Å². The average Bonchev–Trinajstić information content (AvgIpc) is 2.52. The molecule has 4 aromatic rings. The summed E-state index contributed by atoms with van der Waals surface area (Å²) in [6.07, 6.45) is 0. The number of ether oxygens (including phenoxy) is 1. The van der Waals surface area contributed by atoms with Crippen molar-refractivity contribution in [1.82, 2.24) is 0 Å². The van der Waals surface area contributed by atoms with Crippen LogP contribution in [0.2, 0.25) is 0 Å². The highest BCUT2D eigenvalue weighted by molar-refractivity contribution is 6.19. The Morgan fingerprint density at radius 3 is 2.29 bits per heavy atom. The van der Waals surface area contributed by atoms with Gasteiger partial charge in [-0.3, -0.25) is 9.59 Å². The maximum atomic E-state index is 11.9. The Balaban J connectivity index is 2.24. The molecule has 0 unspecified atom stereocenters. The molecule has 0 aromatic heterocycles. The van der Waals surface area contributed by atoms with Crippen LogP contribution in [0.15, 0.2) is 46.0 Å². The molecule has 0 aliphatic rings. The molecule has 0 spiro atoms. The Hall–Kier alpha value is -2.68. The first-order chi connectivity index (χ1) is 10.1. The molecule has 3 nitrogen and oxygen atoms in total. The number of methoxy groups -OCH3 is 1. The fraction of sp³-hybridized carbons (Fsp3) is 0.111. The normalized spacial score (nSPS) is 11.7. The summed E-state index contributed by atoms with van der Waals surface area (Å²) in [5.41, 5.74) is 0.135. The summed E-state index contributed by atoms with van der Waals surface area (Å²) in [6.45, 7) is 1.88. The van der Waals surface area contributed by atoms with E-state index in [0.29, 0.717) is 10.8 Å². The van der Waals surface area contributed by atoms with Crippen LogP contribution in [0.4, 0.5) is 0 Å². The molecule has 102 valence electrons. The molecule has 0 amide bonds. The van der Waals surface area contributed by atoms with E-state index >= 15 is 0 Å². The monoisotopic (exact) mass is 276 g/mol. The second-order valence-electron chi connectivity index (χ2n) is 5.35. The zero-order valence-corrected chi connectivity index (χ0v) is 11.7. The van der Waals surface area contributed by atoms with Gasteiger partial charge in [0.25, 0.3) is 0 Å². The molecular weight excluding hydrogens is 264 g/mol. The Labute approximate surface area is 120 Å². The van der Waals surface area contributed by atoms with Gasteiger partial charge in [-0.15, -0.1) is 0 Å². The molecule has 0 bridgehead atoms. The summed E-state index contributed by atoms with van der Waals surface area (Å²) in [7, 11) is 1.64. The SMILES string of the molecule is COc1ccc2c(ccc3c2cc(C)c2c(=O)c(=O)c23)c1. The van der Waals surface area contributed by atoms with Crippen LogP contribution >= 0.6 is 0 Å². The van der Waals surface area contributed by atoms with Gasteiger partial charge >= 0.3 is 0 Å². The van der Waals surface area contributed by atoms with Gasteiger partial charge < -0.3 is 4.74 Å². The second-order valence-corrected chi connectivity index (χ2v) is 5.35. The molecule has 0 heterocycles. The van der Waals surface area contributed by atoms with Crippen molar-refractivity contribution in [3.05, 3.63) is 62.4 Å². The number of hydrogen-bond acceptors (Lipinski definition) is 3. The van der Waals surface area contributed by atoms with Crippen LogP contribution in [0, 0.1) is 6.92 Å². The van der Waals surface area contributed by atoms with E-state index in [1.165, 1.54) is 0 Å². The average molecular weight is 276 g/mol. The summed E-state index contributed by atoms with van der Waals surface area (Å²) in [5, 5.41) is 5.14. The van der Waals surface area contributed by atoms with E-state index in [1.807, 2.05) is 43.3 Å². The highest BCUT2D eigenvalue weighted by atomic mass is 16.5. The highest BCUT2D eigenvalue weighted by Gasteiger charge is 2.18. The molecule has 3 heteroatoms. The smallest absolute Gasteiger partial charge is 0.234 e. The van der Waals surface area contributed by atoms with Gasteiger partial charge in [-0.05, 0) is 46.2 Å². The zero-order valence-electron chi connectivity index (χ0n) is 11.7. The Morgan fingerprint density at radius 1 is 0.810 bits per heavy atom. The van der Waals surface area contributed by atoms with E-state index in [0.717, 1.165) is 32.9 Å². The largest absolute Gasteiger partial charge is 0.497 e. The third-order valence-electron chi connectivity index (χ3n) is 4.20. The van der Waals surface area contributed by atoms with Gasteiger partial charge in [0.1, 0.15) is 5.75 Å². The summed E-state index contributed by atoms with van der Waals surface area (Å²) in [4.78, 5) is 23.6. The quantitative estimate of drug-likeness (QED) is 0.396. The van der Waals surface area contributed by atoms with Crippen molar-refractivity contribution in [3.8, 4) is 5.75 Å². The second kappa shape index (κ2) is 3.92. The predicted molar refractivity (Wildman–Crippen MR) is 85.2 cm³/mol. The molecule has 0 saturated heterocycles. The maximum Gasteiger partial charge on any atom is 0.234 e. The minimum atomic E-state index is -0.369. The van der Waals surface area contributed by atoms with Gasteiger partial charge in [0.2, 0.25) is 10.9 Å². The van der Waals surface area contributed by atoms with Gasteiger partial charge in [0.15, 0.2) is 0 Å². The lowest BCUT2D eigenvalue weighted by atomic mass is 9.91. The van der Waals surface area contributed by atoms with E-state index < -0.39 is 0 Å². The molecule has 4 aromatic carbocycles. The van der Waals surface area contributed by atoms with E-state index in [2.05, 4.69) is 0 Å². The molecule has 21 heavy (non-hydrogen) atoms. The molecule has 0 aliphatic carbocycles. The first-order valence-corrected chi connectivity index (χ1v) is 6.75. The molecule has 0 radical (unpaired) electrons. The van der Waals surface area contributed by atoms with Gasteiger partial charge in [0, 0.05) is 10.8 Å². The lowest BCUT2D eigenvalue weighted by molar-refractivity contribution is 0.415. The van der Waals surface area contributed by atoms with E-state index in [4.69, 9.17) is 4.74 Å². The van der Waals surface area contributed by atoms with Crippen LogP contribution in [0.25, 0.3) is 32.3 Å². The topological polar surface area (TPSA) is 43.4 Å². The summed E-state index contributed by atoms with van der Waals surface area (Å²) < 4.78 is 5.24. The fourth-order valence-corrected chi connectivity index (χ4v) is 3.15. The number of benzene rings is 3. The first-order valence-electron chi connectivity index (χ1n) is 6.75. The van der Waals surface area contributed by atoms with Crippen LogP contribution in [0.1, 0.15) is 5.56 Å². The van der Waals surface area contributed by atoms with Crippen molar-refractivity contribution < 1.29 is 4.74 Å². The van der Waals surface area contributed by atoms with Crippen molar-refractivity contribution in [1.29, 1.82) is 0 Å². The fourth-order valence-electron chi connectivity index (χ4n) is 3.15. The Bertz CT molecular complexity index is 1110. The number of rotatable bonds is 1. The number of hydrogen-bond donors (Lipinski definition) is 0. The Morgan fingerprint density at radius 2 is 1.52 bits per heavy atom. The van der Waals surface area contributed by atoms with Crippen LogP contribution in [0.3, 0.4) is 0 Å². The van der Waals surface area contributed by atoms with E-state index in [1.54, 1.807) is 7.11 Å². The van der Waals surface area contributed by atoms with Gasteiger partial charge in [0.05, 0.1) is 7.11 Å². The van der Waals surface area contributed by atoms with Crippen molar-refractivity contribution in [3.63, 3.8) is 0 Å². The summed E-state index contributed by atoms with van der Waals surface area (Å²) in [5.74, 6) is 0.800. The summed E-state index contributed by atoms with van der Waals surface area (Å²) >= 11 is 0. The minimum Gasteiger partial charge on any atom is -0.497 e. The van der Waals surface area contributed by atoms with Crippen LogP contribution in [-0.2, 0) is 0 Å². The van der Waals surface area contributed by atoms with Crippen LogP contribution < -0.4 is 15.6 Å². The van der Waals surface area contributed by atoms with Crippen molar-refractivity contribution in [2.75, 3.05) is 7.11 Å². The third-order valence-corrected chi connectivity index (χ3v) is 4.20. The van der Waals surface area contributed by atoms with Crippen molar-refractivity contribution >= 4 is 32.3 Å². The Kier molecular flexibility index (Phi) is 2.25. The van der Waals surface area contributed by atoms with Crippen molar-refractivity contribution in [2.24, 2.45) is 0 Å². The van der Waals surface area contributed by atoms with Gasteiger partial charge in [-0.2, -0.15) is 0 Å². The summed E-state index contributed by atoms with van der Waals surface area (Å²) in [6, 6.07) is 11.7. The van der Waals surface area contributed by atoms with Crippen molar-refractivity contribution in [2.45, 2.75) is 6.92 Å². The number of fused-ring (bicyclic) bond motifs is 5. The molecule has 0 fully saturated rings. The molecular formula is C18H12O3. The third kappa shape index (κ3) is 1.43. The number of aryl methyl sites for hydroxylation is 1. The molecule has 0 aliphatic heterocycles. The predicted octanol–water partition coefficient (Wildman–Crippen LogP) is 3.06. The lowest BCUT2D eigenvalue weighted by Crippen LogP contribution is -2.31. The molecule has 0 atom stereocenters. The zero-order chi connectivity index (χ0) is 14.7. The molecule has 0 N–H and O–H groups in total. The highest BCUT2D eigenvalue weighted by Crippen LogP contribution is 2.32. The molecule has 0 saturated carbocycles. The molecule has 4 rings (SSSR count). The van der Waals surface area contributed by atoms with Crippen LogP contribution in [0.5, 0.6) is 5.75 Å².